The van der Waals surface area contributed by atoms with Gasteiger partial charge in [-0.05, 0) is 50.6 Å². The summed E-state index contributed by atoms with van der Waals surface area (Å²) in [5, 5.41) is 8.35. The van der Waals surface area contributed by atoms with Crippen LogP contribution in [0.15, 0.2) is 12.3 Å². The molecule has 0 radical (unpaired) electrons. The number of nitrogens with one attached hydrogen (secondary N) is 1. The first-order chi connectivity index (χ1) is 9.60. The molecule has 1 unspecified atom stereocenters. The van der Waals surface area contributed by atoms with Gasteiger partial charge in [-0.1, -0.05) is 34.6 Å². The Bertz CT molecular complexity index is 353. The highest BCUT2D eigenvalue weighted by atomic mass is 15.3. The SMILES string of the molecule is CCNC(CCc1ccn(C(CC)CC)n1)CC(C)C. The molecule has 0 aliphatic rings. The fourth-order valence-corrected chi connectivity index (χ4v) is 2.86. The molecule has 1 rings (SSSR count). The lowest BCUT2D eigenvalue weighted by atomic mass is 9.99. The van der Waals surface area contributed by atoms with E-state index in [2.05, 4.69) is 56.9 Å². The second-order valence-corrected chi connectivity index (χ2v) is 6.18. The molecular formula is C17H33N3. The third-order valence-electron chi connectivity index (χ3n) is 3.98. The summed E-state index contributed by atoms with van der Waals surface area (Å²) in [6.45, 7) is 12.3. The molecule has 1 aromatic rings. The van der Waals surface area contributed by atoms with Crippen LogP contribution in [0.3, 0.4) is 0 Å². The van der Waals surface area contributed by atoms with E-state index in [1.807, 2.05) is 0 Å². The van der Waals surface area contributed by atoms with Gasteiger partial charge in [0, 0.05) is 12.2 Å². The van der Waals surface area contributed by atoms with E-state index in [4.69, 9.17) is 5.10 Å². The summed E-state index contributed by atoms with van der Waals surface area (Å²) in [7, 11) is 0. The van der Waals surface area contributed by atoms with Crippen LogP contribution in [0, 0.1) is 5.92 Å². The molecule has 0 saturated carbocycles. The van der Waals surface area contributed by atoms with Gasteiger partial charge in [0.05, 0.1) is 11.7 Å². The summed E-state index contributed by atoms with van der Waals surface area (Å²) in [6.07, 6.45) is 7.98. The van der Waals surface area contributed by atoms with Crippen molar-refractivity contribution in [2.24, 2.45) is 5.92 Å². The van der Waals surface area contributed by atoms with Crippen LogP contribution in [-0.2, 0) is 6.42 Å². The van der Waals surface area contributed by atoms with Crippen LogP contribution in [0.4, 0.5) is 0 Å². The molecule has 3 heteroatoms. The van der Waals surface area contributed by atoms with Crippen molar-refractivity contribution in [2.45, 2.75) is 78.8 Å². The quantitative estimate of drug-likeness (QED) is 0.695. The third-order valence-corrected chi connectivity index (χ3v) is 3.98. The van der Waals surface area contributed by atoms with Crippen molar-refractivity contribution in [3.05, 3.63) is 18.0 Å². The molecule has 0 bridgehead atoms. The van der Waals surface area contributed by atoms with Crippen LogP contribution >= 0.6 is 0 Å². The van der Waals surface area contributed by atoms with Crippen molar-refractivity contribution in [2.75, 3.05) is 6.54 Å². The number of hydrogen-bond donors (Lipinski definition) is 1. The maximum absolute atomic E-state index is 4.75. The number of aromatic nitrogens is 2. The summed E-state index contributed by atoms with van der Waals surface area (Å²) in [6, 6.07) is 3.37. The highest BCUT2D eigenvalue weighted by molar-refractivity contribution is 5.00. The topological polar surface area (TPSA) is 29.9 Å². The van der Waals surface area contributed by atoms with E-state index < -0.39 is 0 Å². The second kappa shape index (κ2) is 9.17. The number of rotatable bonds is 10. The van der Waals surface area contributed by atoms with Gasteiger partial charge in [0.25, 0.3) is 0 Å². The zero-order valence-electron chi connectivity index (χ0n) is 14.0. The van der Waals surface area contributed by atoms with Gasteiger partial charge in [0.2, 0.25) is 0 Å². The predicted molar refractivity (Wildman–Crippen MR) is 87.1 cm³/mol. The first-order valence-corrected chi connectivity index (χ1v) is 8.38. The molecule has 3 nitrogen and oxygen atoms in total. The highest BCUT2D eigenvalue weighted by Gasteiger charge is 2.12. The van der Waals surface area contributed by atoms with E-state index in [9.17, 15) is 0 Å². The van der Waals surface area contributed by atoms with Crippen molar-refractivity contribution in [1.82, 2.24) is 15.1 Å². The molecular weight excluding hydrogens is 246 g/mol. The van der Waals surface area contributed by atoms with Crippen LogP contribution in [0.2, 0.25) is 0 Å². The molecule has 0 aliphatic carbocycles. The van der Waals surface area contributed by atoms with Crippen LogP contribution in [0.5, 0.6) is 0 Å². The van der Waals surface area contributed by atoms with E-state index in [0.29, 0.717) is 12.1 Å². The molecule has 1 aromatic heterocycles. The molecule has 0 amide bonds. The van der Waals surface area contributed by atoms with Crippen LogP contribution in [0.25, 0.3) is 0 Å². The summed E-state index contributed by atoms with van der Waals surface area (Å²) < 4.78 is 2.15. The molecule has 1 atom stereocenters. The Morgan fingerprint density at radius 1 is 1.20 bits per heavy atom. The van der Waals surface area contributed by atoms with Gasteiger partial charge in [-0.25, -0.2) is 0 Å². The lowest BCUT2D eigenvalue weighted by Crippen LogP contribution is -2.30. The summed E-state index contributed by atoms with van der Waals surface area (Å²) in [5.74, 6) is 0.751. The van der Waals surface area contributed by atoms with Gasteiger partial charge in [0.15, 0.2) is 0 Å². The van der Waals surface area contributed by atoms with E-state index in [-0.39, 0.29) is 0 Å². The predicted octanol–water partition coefficient (Wildman–Crippen LogP) is 4.20. The fourth-order valence-electron chi connectivity index (χ4n) is 2.86. The normalized spacial score (nSPS) is 13.3. The lowest BCUT2D eigenvalue weighted by Gasteiger charge is -2.19. The number of aryl methyl sites for hydroxylation is 1. The maximum Gasteiger partial charge on any atom is 0.0625 e. The summed E-state index contributed by atoms with van der Waals surface area (Å²) >= 11 is 0. The minimum absolute atomic E-state index is 0.559. The van der Waals surface area contributed by atoms with Gasteiger partial charge in [-0.15, -0.1) is 0 Å². The Balaban J connectivity index is 2.51. The fraction of sp³-hybridized carbons (Fsp3) is 0.824. The van der Waals surface area contributed by atoms with Crippen molar-refractivity contribution in [3.8, 4) is 0 Å². The Hall–Kier alpha value is -0.830. The Kier molecular flexibility index (Phi) is 7.90. The van der Waals surface area contributed by atoms with Gasteiger partial charge >= 0.3 is 0 Å². The monoisotopic (exact) mass is 279 g/mol. The van der Waals surface area contributed by atoms with Crippen molar-refractivity contribution in [1.29, 1.82) is 0 Å². The highest BCUT2D eigenvalue weighted by Crippen LogP contribution is 2.16. The molecule has 0 fully saturated rings. The maximum atomic E-state index is 4.75. The second-order valence-electron chi connectivity index (χ2n) is 6.18. The van der Waals surface area contributed by atoms with Gasteiger partial charge in [-0.3, -0.25) is 4.68 Å². The molecule has 0 aromatic carbocycles. The van der Waals surface area contributed by atoms with Crippen molar-refractivity contribution in [3.63, 3.8) is 0 Å². The average Bonchev–Trinajstić information content (AvgIpc) is 2.86. The molecule has 0 aliphatic heterocycles. The molecule has 1 heterocycles. The smallest absolute Gasteiger partial charge is 0.0625 e. The van der Waals surface area contributed by atoms with Crippen molar-refractivity contribution >= 4 is 0 Å². The Morgan fingerprint density at radius 2 is 1.90 bits per heavy atom. The Labute approximate surface area is 125 Å². The van der Waals surface area contributed by atoms with Gasteiger partial charge in [-0.2, -0.15) is 5.10 Å². The largest absolute Gasteiger partial charge is 0.314 e. The minimum Gasteiger partial charge on any atom is -0.314 e. The standard InChI is InChI=1S/C17H33N3/c1-6-17(7-2)20-12-11-15(19-20)9-10-16(18-8-3)13-14(4)5/h11-12,14,16-18H,6-10,13H2,1-5H3. The average molecular weight is 279 g/mol. The first-order valence-electron chi connectivity index (χ1n) is 8.38. The van der Waals surface area contributed by atoms with Crippen LogP contribution in [0.1, 0.15) is 72.0 Å². The first kappa shape index (κ1) is 17.2. The number of nitrogens with zero attached hydrogens (tertiary/aromatic N) is 2. The van der Waals surface area contributed by atoms with Gasteiger partial charge < -0.3 is 5.32 Å². The third kappa shape index (κ3) is 5.66. The van der Waals surface area contributed by atoms with E-state index in [0.717, 1.165) is 31.7 Å². The minimum atomic E-state index is 0.559. The van der Waals surface area contributed by atoms with Crippen LogP contribution < -0.4 is 5.32 Å². The Morgan fingerprint density at radius 3 is 2.45 bits per heavy atom. The summed E-state index contributed by atoms with van der Waals surface area (Å²) in [4.78, 5) is 0. The van der Waals surface area contributed by atoms with E-state index >= 15 is 0 Å². The zero-order chi connectivity index (χ0) is 15.0. The van der Waals surface area contributed by atoms with Crippen molar-refractivity contribution < 1.29 is 0 Å². The zero-order valence-corrected chi connectivity index (χ0v) is 14.0. The molecule has 0 spiro atoms. The van der Waals surface area contributed by atoms with Crippen LogP contribution in [-0.4, -0.2) is 22.4 Å². The number of hydrogen-bond acceptors (Lipinski definition) is 2. The van der Waals surface area contributed by atoms with E-state index in [1.165, 1.54) is 18.5 Å². The van der Waals surface area contributed by atoms with Gasteiger partial charge in [0.1, 0.15) is 0 Å². The molecule has 20 heavy (non-hydrogen) atoms. The lowest BCUT2D eigenvalue weighted by molar-refractivity contribution is 0.399. The molecule has 0 saturated heterocycles. The van der Waals surface area contributed by atoms with E-state index in [1.54, 1.807) is 0 Å². The molecule has 1 N–H and O–H groups in total. The summed E-state index contributed by atoms with van der Waals surface area (Å²) in [5.41, 5.74) is 1.24. The molecule has 116 valence electrons.